The van der Waals surface area contributed by atoms with Crippen LogP contribution in [0.4, 0.5) is 0 Å². The highest BCUT2D eigenvalue weighted by Crippen LogP contribution is 2.22. The quantitative estimate of drug-likeness (QED) is 0.868. The van der Waals surface area contributed by atoms with Gasteiger partial charge in [-0.3, -0.25) is 4.79 Å². The van der Waals surface area contributed by atoms with Crippen LogP contribution >= 0.6 is 11.6 Å². The van der Waals surface area contributed by atoms with Gasteiger partial charge in [-0.05, 0) is 37.6 Å². The van der Waals surface area contributed by atoms with Gasteiger partial charge < -0.3 is 0 Å². The molecule has 0 saturated heterocycles. The Morgan fingerprint density at radius 3 is 2.55 bits per heavy atom. The average Bonchev–Trinajstić information content (AvgIpc) is 2.76. The summed E-state index contributed by atoms with van der Waals surface area (Å²) in [5.74, 6) is -0.680. The molecule has 1 aromatic heterocycles. The molecule has 2 rings (SSSR count). The molecular weight excluding hydrogens is 274 g/mol. The molecule has 0 aliphatic rings. The summed E-state index contributed by atoms with van der Waals surface area (Å²) >= 11 is 5.82. The fraction of sp³-hybridized carbons (Fsp3) is 0.267. The van der Waals surface area contributed by atoms with E-state index in [-0.39, 0.29) is 12.3 Å². The predicted octanol–water partition coefficient (Wildman–Crippen LogP) is 3.49. The lowest BCUT2D eigenvalue weighted by molar-refractivity contribution is 0.0880. The zero-order chi connectivity index (χ0) is 14.7. The third-order valence-electron chi connectivity index (χ3n) is 3.05. The summed E-state index contributed by atoms with van der Waals surface area (Å²) in [6.07, 6.45) is 0.0973. The number of carbonyl (C=O) groups excluding carboxylic acids is 1. The summed E-state index contributed by atoms with van der Waals surface area (Å²) in [5, 5.41) is 14.0. The van der Waals surface area contributed by atoms with E-state index < -0.39 is 5.92 Å². The molecule has 0 spiro atoms. The van der Waals surface area contributed by atoms with Crippen molar-refractivity contribution in [2.75, 3.05) is 0 Å². The monoisotopic (exact) mass is 287 g/mol. The maximum atomic E-state index is 12.2. The lowest BCUT2D eigenvalue weighted by Crippen LogP contribution is -2.17. The highest BCUT2D eigenvalue weighted by molar-refractivity contribution is 6.30. The average molecular weight is 288 g/mol. The van der Waals surface area contributed by atoms with Gasteiger partial charge in [0.05, 0.1) is 17.7 Å². The Labute approximate surface area is 122 Å². The molecule has 0 amide bonds. The lowest BCUT2D eigenvalue weighted by Gasteiger charge is -2.09. The normalized spacial score (nSPS) is 11.9. The molecule has 2 aromatic rings. The third kappa shape index (κ3) is 3.06. The second-order valence-corrected chi connectivity index (χ2v) is 5.11. The molecule has 0 saturated carbocycles. The molecule has 1 aromatic carbocycles. The van der Waals surface area contributed by atoms with E-state index in [1.54, 1.807) is 24.3 Å². The van der Waals surface area contributed by atoms with Crippen molar-refractivity contribution in [2.45, 2.75) is 26.2 Å². The van der Waals surface area contributed by atoms with Gasteiger partial charge in [0, 0.05) is 17.1 Å². The van der Waals surface area contributed by atoms with Gasteiger partial charge in [-0.1, -0.05) is 23.7 Å². The predicted molar refractivity (Wildman–Crippen MR) is 76.8 cm³/mol. The van der Waals surface area contributed by atoms with Gasteiger partial charge in [-0.15, -0.1) is 0 Å². The second-order valence-electron chi connectivity index (χ2n) is 4.67. The molecule has 0 aliphatic carbocycles. The number of rotatable bonds is 3. The minimum atomic E-state index is -0.497. The number of aryl methyl sites for hydroxylation is 2. The number of carbonyl (C=O) groups is 1. The first-order valence-corrected chi connectivity index (χ1v) is 6.60. The molecule has 0 N–H and O–H groups in total. The van der Waals surface area contributed by atoms with Crippen molar-refractivity contribution in [2.24, 2.45) is 0 Å². The van der Waals surface area contributed by atoms with E-state index in [1.165, 1.54) is 4.68 Å². The maximum Gasteiger partial charge on any atom is 0.248 e. The van der Waals surface area contributed by atoms with Crippen LogP contribution in [0.1, 0.15) is 34.1 Å². The molecule has 5 heteroatoms. The number of hydrogen-bond donors (Lipinski definition) is 0. The number of halogens is 1. The van der Waals surface area contributed by atoms with Crippen LogP contribution in [0.25, 0.3) is 0 Å². The zero-order valence-electron chi connectivity index (χ0n) is 11.3. The zero-order valence-corrected chi connectivity index (χ0v) is 12.1. The number of hydrogen-bond acceptors (Lipinski definition) is 3. The Kier molecular flexibility index (Phi) is 4.21. The Bertz CT molecular complexity index is 667. The lowest BCUT2D eigenvalue weighted by atomic mass is 9.97. The first kappa shape index (κ1) is 14.3. The molecule has 4 nitrogen and oxygen atoms in total. The fourth-order valence-corrected chi connectivity index (χ4v) is 2.20. The van der Waals surface area contributed by atoms with Crippen LogP contribution < -0.4 is 0 Å². The Hall–Kier alpha value is -2.12. The van der Waals surface area contributed by atoms with E-state index in [0.717, 1.165) is 17.0 Å². The van der Waals surface area contributed by atoms with Gasteiger partial charge >= 0.3 is 0 Å². The molecule has 0 aliphatic heterocycles. The Balaban J connectivity index is 2.19. The van der Waals surface area contributed by atoms with E-state index in [2.05, 4.69) is 11.2 Å². The molecule has 102 valence electrons. The summed E-state index contributed by atoms with van der Waals surface area (Å²) in [7, 11) is 0. The summed E-state index contributed by atoms with van der Waals surface area (Å²) in [4.78, 5) is 12.2. The van der Waals surface area contributed by atoms with E-state index in [9.17, 15) is 10.1 Å². The van der Waals surface area contributed by atoms with Crippen molar-refractivity contribution < 1.29 is 4.79 Å². The molecular formula is C15H14ClN3O. The van der Waals surface area contributed by atoms with Crippen molar-refractivity contribution in [3.05, 3.63) is 52.3 Å². The molecule has 1 atom stereocenters. The summed E-state index contributed by atoms with van der Waals surface area (Å²) < 4.78 is 1.36. The standard InChI is InChI=1S/C15H14ClN3O/c1-10-7-11(2)19(18-10)15(20)8-13(9-17)12-3-5-14(16)6-4-12/h3-7,13H,8H2,1-2H3/t13-/m0/s1. The van der Waals surface area contributed by atoms with Crippen LogP contribution in [-0.2, 0) is 0 Å². The van der Waals surface area contributed by atoms with E-state index >= 15 is 0 Å². The smallest absolute Gasteiger partial charge is 0.248 e. The molecule has 0 bridgehead atoms. The summed E-state index contributed by atoms with van der Waals surface area (Å²) in [6.45, 7) is 3.65. The minimum Gasteiger partial charge on any atom is -0.273 e. The van der Waals surface area contributed by atoms with E-state index in [1.807, 2.05) is 19.9 Å². The van der Waals surface area contributed by atoms with Gasteiger partial charge in [0.1, 0.15) is 0 Å². The Morgan fingerprint density at radius 2 is 2.05 bits per heavy atom. The van der Waals surface area contributed by atoms with Crippen molar-refractivity contribution in [1.82, 2.24) is 9.78 Å². The van der Waals surface area contributed by atoms with Gasteiger partial charge in [0.2, 0.25) is 5.91 Å². The first-order valence-electron chi connectivity index (χ1n) is 6.23. The number of benzene rings is 1. The second kappa shape index (κ2) is 5.89. The van der Waals surface area contributed by atoms with Crippen LogP contribution in [0, 0.1) is 25.2 Å². The van der Waals surface area contributed by atoms with Crippen LogP contribution in [0.3, 0.4) is 0 Å². The largest absolute Gasteiger partial charge is 0.273 e. The third-order valence-corrected chi connectivity index (χ3v) is 3.30. The van der Waals surface area contributed by atoms with Crippen LogP contribution in [0.15, 0.2) is 30.3 Å². The van der Waals surface area contributed by atoms with E-state index in [4.69, 9.17) is 11.6 Å². The van der Waals surface area contributed by atoms with Gasteiger partial charge in [-0.2, -0.15) is 10.4 Å². The molecule has 0 unspecified atom stereocenters. The van der Waals surface area contributed by atoms with Crippen LogP contribution in [-0.4, -0.2) is 15.7 Å². The van der Waals surface area contributed by atoms with Crippen LogP contribution in [0.2, 0.25) is 5.02 Å². The maximum absolute atomic E-state index is 12.2. The van der Waals surface area contributed by atoms with Gasteiger partial charge in [0.25, 0.3) is 0 Å². The highest BCUT2D eigenvalue weighted by atomic mass is 35.5. The van der Waals surface area contributed by atoms with Crippen LogP contribution in [0.5, 0.6) is 0 Å². The fourth-order valence-electron chi connectivity index (χ4n) is 2.08. The summed E-state index contributed by atoms with van der Waals surface area (Å²) in [5.41, 5.74) is 2.35. The van der Waals surface area contributed by atoms with Gasteiger partial charge in [-0.25, -0.2) is 4.68 Å². The molecule has 0 radical (unpaired) electrons. The molecule has 0 fully saturated rings. The highest BCUT2D eigenvalue weighted by Gasteiger charge is 2.18. The summed E-state index contributed by atoms with van der Waals surface area (Å²) in [6, 6.07) is 11.0. The van der Waals surface area contributed by atoms with E-state index in [0.29, 0.717) is 5.02 Å². The Morgan fingerprint density at radius 1 is 1.40 bits per heavy atom. The molecule has 20 heavy (non-hydrogen) atoms. The van der Waals surface area contributed by atoms with Gasteiger partial charge in [0.15, 0.2) is 0 Å². The first-order chi connectivity index (χ1) is 9.51. The van der Waals surface area contributed by atoms with Crippen molar-refractivity contribution in [1.29, 1.82) is 5.26 Å². The minimum absolute atomic E-state index is 0.0973. The van der Waals surface area contributed by atoms with Crippen molar-refractivity contribution in [3.8, 4) is 6.07 Å². The van der Waals surface area contributed by atoms with Crippen molar-refractivity contribution >= 4 is 17.5 Å². The SMILES string of the molecule is Cc1cc(C)n(C(=O)C[C@@H](C#N)c2ccc(Cl)cc2)n1. The number of nitrogens with zero attached hydrogens (tertiary/aromatic N) is 3. The number of aromatic nitrogens is 2. The number of nitriles is 1. The molecule has 1 heterocycles. The topological polar surface area (TPSA) is 58.7 Å². The van der Waals surface area contributed by atoms with Crippen molar-refractivity contribution in [3.63, 3.8) is 0 Å².